The number of ether oxygens (including phenoxy) is 1. The molecule has 0 amide bonds. The van der Waals surface area contributed by atoms with Crippen LogP contribution < -0.4 is 9.46 Å². The Labute approximate surface area is 124 Å². The van der Waals surface area contributed by atoms with E-state index >= 15 is 0 Å². The molecule has 2 N–H and O–H groups in total. The van der Waals surface area contributed by atoms with Crippen molar-refractivity contribution in [1.29, 1.82) is 0 Å². The van der Waals surface area contributed by atoms with Crippen LogP contribution in [0.1, 0.15) is 5.76 Å². The lowest BCUT2D eigenvalue weighted by Crippen LogP contribution is -2.12. The average Bonchev–Trinajstić information content (AvgIpc) is 2.88. The molecule has 1 aromatic carbocycles. The SMILES string of the molecule is COc1ccc(NS(=O)(=O)c2ccc(CO)o2)cc1Br. The van der Waals surface area contributed by atoms with Crippen LogP contribution in [0.2, 0.25) is 0 Å². The quantitative estimate of drug-likeness (QED) is 0.852. The van der Waals surface area contributed by atoms with Gasteiger partial charge in [0.25, 0.3) is 10.0 Å². The van der Waals surface area contributed by atoms with Gasteiger partial charge in [-0.2, -0.15) is 8.42 Å². The van der Waals surface area contributed by atoms with Crippen LogP contribution in [0.15, 0.2) is 44.3 Å². The lowest BCUT2D eigenvalue weighted by Gasteiger charge is -2.08. The summed E-state index contributed by atoms with van der Waals surface area (Å²) >= 11 is 3.27. The first-order chi connectivity index (χ1) is 9.46. The predicted octanol–water partition coefficient (Wildman–Crippen LogP) is 2.34. The van der Waals surface area contributed by atoms with Crippen molar-refractivity contribution in [3.05, 3.63) is 40.6 Å². The fraction of sp³-hybridized carbons (Fsp3) is 0.167. The number of furan rings is 1. The van der Waals surface area contributed by atoms with Crippen molar-refractivity contribution in [2.75, 3.05) is 11.8 Å². The molecule has 0 unspecified atom stereocenters. The molecular formula is C12H12BrNO5S. The molecule has 0 saturated carbocycles. The summed E-state index contributed by atoms with van der Waals surface area (Å²) in [5, 5.41) is 8.62. The smallest absolute Gasteiger partial charge is 0.295 e. The highest BCUT2D eigenvalue weighted by molar-refractivity contribution is 9.10. The van der Waals surface area contributed by atoms with E-state index in [9.17, 15) is 8.42 Å². The normalized spacial score (nSPS) is 11.3. The molecule has 0 aliphatic carbocycles. The Morgan fingerprint density at radius 2 is 2.10 bits per heavy atom. The number of methoxy groups -OCH3 is 1. The molecule has 6 nitrogen and oxygen atoms in total. The molecule has 2 aromatic rings. The highest BCUT2D eigenvalue weighted by Crippen LogP contribution is 2.29. The number of benzene rings is 1. The van der Waals surface area contributed by atoms with Crippen molar-refractivity contribution in [3.63, 3.8) is 0 Å². The summed E-state index contributed by atoms with van der Waals surface area (Å²) in [5.41, 5.74) is 0.361. The Kier molecular flexibility index (Phi) is 4.36. The van der Waals surface area contributed by atoms with E-state index in [1.165, 1.54) is 19.2 Å². The number of rotatable bonds is 5. The van der Waals surface area contributed by atoms with E-state index in [0.29, 0.717) is 15.9 Å². The third kappa shape index (κ3) is 3.14. The monoisotopic (exact) mass is 361 g/mol. The standard InChI is InChI=1S/C12H12BrNO5S/c1-18-11-4-2-8(6-10(11)13)14-20(16,17)12-5-3-9(7-15)19-12/h2-6,14-15H,7H2,1H3. The zero-order valence-electron chi connectivity index (χ0n) is 10.5. The van der Waals surface area contributed by atoms with Crippen molar-refractivity contribution in [3.8, 4) is 5.75 Å². The van der Waals surface area contributed by atoms with E-state index in [0.717, 1.165) is 0 Å². The molecule has 0 bridgehead atoms. The highest BCUT2D eigenvalue weighted by Gasteiger charge is 2.19. The van der Waals surface area contributed by atoms with E-state index in [1.54, 1.807) is 18.2 Å². The molecule has 0 aliphatic heterocycles. The largest absolute Gasteiger partial charge is 0.496 e. The van der Waals surface area contributed by atoms with Gasteiger partial charge in [0.1, 0.15) is 18.1 Å². The second-order valence-corrected chi connectivity index (χ2v) is 6.30. The number of anilines is 1. The Hall–Kier alpha value is -1.51. The molecule has 20 heavy (non-hydrogen) atoms. The van der Waals surface area contributed by atoms with Crippen molar-refractivity contribution < 1.29 is 22.7 Å². The van der Waals surface area contributed by atoms with Gasteiger partial charge in [0.2, 0.25) is 5.09 Å². The fourth-order valence-corrected chi connectivity index (χ4v) is 3.07. The van der Waals surface area contributed by atoms with Gasteiger partial charge in [-0.3, -0.25) is 4.72 Å². The van der Waals surface area contributed by atoms with Crippen LogP contribution in [0.25, 0.3) is 0 Å². The molecule has 2 rings (SSSR count). The van der Waals surface area contributed by atoms with Gasteiger partial charge >= 0.3 is 0 Å². The van der Waals surface area contributed by atoms with Crippen molar-refractivity contribution in [2.45, 2.75) is 11.7 Å². The summed E-state index contributed by atoms with van der Waals surface area (Å²) in [6.07, 6.45) is 0. The summed E-state index contributed by atoms with van der Waals surface area (Å²) in [7, 11) is -2.31. The van der Waals surface area contributed by atoms with Gasteiger partial charge in [-0.1, -0.05) is 0 Å². The first kappa shape index (κ1) is 14.9. The van der Waals surface area contributed by atoms with Crippen LogP contribution in [0.5, 0.6) is 5.75 Å². The number of halogens is 1. The van der Waals surface area contributed by atoms with Crippen LogP contribution in [-0.4, -0.2) is 20.6 Å². The van der Waals surface area contributed by atoms with Crippen molar-refractivity contribution in [1.82, 2.24) is 0 Å². The minimum Gasteiger partial charge on any atom is -0.496 e. The van der Waals surface area contributed by atoms with Gasteiger partial charge in [0.05, 0.1) is 17.3 Å². The lowest BCUT2D eigenvalue weighted by molar-refractivity contribution is 0.236. The molecule has 0 atom stereocenters. The average molecular weight is 362 g/mol. The fourth-order valence-electron chi connectivity index (χ4n) is 1.52. The van der Waals surface area contributed by atoms with Crippen LogP contribution >= 0.6 is 15.9 Å². The second kappa shape index (κ2) is 5.86. The van der Waals surface area contributed by atoms with Gasteiger partial charge in [0.15, 0.2) is 0 Å². The maximum absolute atomic E-state index is 12.1. The zero-order valence-corrected chi connectivity index (χ0v) is 12.9. The third-order valence-electron chi connectivity index (χ3n) is 2.46. The second-order valence-electron chi connectivity index (χ2n) is 3.83. The zero-order chi connectivity index (χ0) is 14.8. The van der Waals surface area contributed by atoms with Gasteiger partial charge in [-0.25, -0.2) is 0 Å². The summed E-state index contributed by atoms with van der Waals surface area (Å²) in [6, 6.07) is 7.46. The Morgan fingerprint density at radius 1 is 1.35 bits per heavy atom. The Balaban J connectivity index is 2.26. The molecule has 1 heterocycles. The molecule has 0 spiro atoms. The number of hydrogen-bond donors (Lipinski definition) is 2. The minimum atomic E-state index is -3.83. The van der Waals surface area contributed by atoms with Crippen LogP contribution in [0.3, 0.4) is 0 Å². The first-order valence-electron chi connectivity index (χ1n) is 5.52. The minimum absolute atomic E-state index is 0.182. The van der Waals surface area contributed by atoms with Gasteiger partial charge in [-0.15, -0.1) is 0 Å². The van der Waals surface area contributed by atoms with Gasteiger partial charge < -0.3 is 14.3 Å². The predicted molar refractivity (Wildman–Crippen MR) is 76.1 cm³/mol. The molecule has 8 heteroatoms. The first-order valence-corrected chi connectivity index (χ1v) is 7.80. The van der Waals surface area contributed by atoms with E-state index in [2.05, 4.69) is 20.7 Å². The van der Waals surface area contributed by atoms with Crippen LogP contribution in [-0.2, 0) is 16.6 Å². The van der Waals surface area contributed by atoms with E-state index in [4.69, 9.17) is 14.3 Å². The Bertz CT molecular complexity index is 710. The number of sulfonamides is 1. The third-order valence-corrected chi connectivity index (χ3v) is 4.33. The summed E-state index contributed by atoms with van der Waals surface area (Å²) in [5.74, 6) is 0.773. The maximum Gasteiger partial charge on any atom is 0.295 e. The topological polar surface area (TPSA) is 88.8 Å². The molecule has 0 fully saturated rings. The summed E-state index contributed by atoms with van der Waals surface area (Å²) in [6.45, 7) is -0.358. The van der Waals surface area contributed by atoms with E-state index < -0.39 is 10.0 Å². The molecule has 0 aliphatic rings. The summed E-state index contributed by atoms with van der Waals surface area (Å²) in [4.78, 5) is 0. The maximum atomic E-state index is 12.1. The van der Waals surface area contributed by atoms with Crippen LogP contribution in [0.4, 0.5) is 5.69 Å². The Morgan fingerprint density at radius 3 is 2.65 bits per heavy atom. The molecule has 0 radical (unpaired) electrons. The lowest BCUT2D eigenvalue weighted by atomic mass is 10.3. The number of aliphatic hydroxyl groups is 1. The van der Waals surface area contributed by atoms with Crippen molar-refractivity contribution >= 4 is 31.6 Å². The summed E-state index contributed by atoms with van der Waals surface area (Å²) < 4.78 is 37.2. The van der Waals surface area contributed by atoms with Gasteiger partial charge in [0, 0.05) is 0 Å². The number of aliphatic hydroxyl groups excluding tert-OH is 1. The number of nitrogens with one attached hydrogen (secondary N) is 1. The number of hydrogen-bond acceptors (Lipinski definition) is 5. The molecule has 1 aromatic heterocycles. The van der Waals surface area contributed by atoms with Gasteiger partial charge in [-0.05, 0) is 46.3 Å². The molecule has 0 saturated heterocycles. The highest BCUT2D eigenvalue weighted by atomic mass is 79.9. The molecule has 108 valence electrons. The molecular weight excluding hydrogens is 350 g/mol. The van der Waals surface area contributed by atoms with E-state index in [1.807, 2.05) is 0 Å². The van der Waals surface area contributed by atoms with Crippen LogP contribution in [0, 0.1) is 0 Å². The van der Waals surface area contributed by atoms with Crippen molar-refractivity contribution in [2.24, 2.45) is 0 Å². The van der Waals surface area contributed by atoms with E-state index in [-0.39, 0.29) is 17.5 Å².